The number of fused-ring (bicyclic) bond motifs is 1. The molecule has 0 unspecified atom stereocenters. The first-order chi connectivity index (χ1) is 13.1. The van der Waals surface area contributed by atoms with Crippen LogP contribution in [0.25, 0.3) is 0 Å². The van der Waals surface area contributed by atoms with Crippen molar-refractivity contribution in [2.75, 3.05) is 26.8 Å². The van der Waals surface area contributed by atoms with Crippen molar-refractivity contribution in [3.05, 3.63) is 29.6 Å². The molecule has 150 valence electrons. The van der Waals surface area contributed by atoms with E-state index in [2.05, 4.69) is 15.6 Å². The molecule has 2 aliphatic heterocycles. The van der Waals surface area contributed by atoms with E-state index >= 15 is 0 Å². The molecular formula is C19H29N3O5. The average Bonchev–Trinajstić information content (AvgIpc) is 3.16. The van der Waals surface area contributed by atoms with Crippen molar-refractivity contribution < 1.29 is 24.1 Å². The molecule has 3 heterocycles. The Morgan fingerprint density at radius 2 is 2.30 bits per heavy atom. The van der Waals surface area contributed by atoms with E-state index < -0.39 is 6.10 Å². The zero-order chi connectivity index (χ0) is 19.2. The minimum Gasteiger partial charge on any atom is -0.388 e. The van der Waals surface area contributed by atoms with E-state index in [0.717, 1.165) is 11.3 Å². The van der Waals surface area contributed by atoms with Crippen LogP contribution in [0.3, 0.4) is 0 Å². The third-order valence-corrected chi connectivity index (χ3v) is 5.08. The van der Waals surface area contributed by atoms with Crippen LogP contribution in [-0.2, 0) is 25.5 Å². The predicted octanol–water partition coefficient (Wildman–Crippen LogP) is -0.0819. The van der Waals surface area contributed by atoms with Crippen LogP contribution in [0.15, 0.2) is 18.3 Å². The third kappa shape index (κ3) is 5.24. The Morgan fingerprint density at radius 1 is 1.44 bits per heavy atom. The number of hydrogen-bond acceptors (Lipinski definition) is 7. The fourth-order valence-electron chi connectivity index (χ4n) is 3.62. The molecule has 0 radical (unpaired) electrons. The van der Waals surface area contributed by atoms with Crippen LogP contribution in [0, 0.1) is 6.92 Å². The Morgan fingerprint density at radius 3 is 3.04 bits per heavy atom. The van der Waals surface area contributed by atoms with E-state index in [-0.39, 0.29) is 36.7 Å². The summed E-state index contributed by atoms with van der Waals surface area (Å²) < 4.78 is 16.8. The molecule has 2 fully saturated rings. The van der Waals surface area contributed by atoms with Gasteiger partial charge in [0.05, 0.1) is 37.0 Å². The fraction of sp³-hybridized carbons (Fsp3) is 0.684. The summed E-state index contributed by atoms with van der Waals surface area (Å²) in [7, 11) is 1.59. The quantitative estimate of drug-likeness (QED) is 0.516. The van der Waals surface area contributed by atoms with Crippen molar-refractivity contribution in [1.29, 1.82) is 0 Å². The first kappa shape index (κ1) is 20.2. The molecule has 0 aromatic carbocycles. The molecule has 2 aliphatic rings. The molecule has 3 rings (SSSR count). The summed E-state index contributed by atoms with van der Waals surface area (Å²) in [5, 5.41) is 16.6. The van der Waals surface area contributed by atoms with E-state index in [4.69, 9.17) is 14.2 Å². The van der Waals surface area contributed by atoms with Crippen LogP contribution < -0.4 is 10.6 Å². The molecule has 0 spiro atoms. The van der Waals surface area contributed by atoms with Gasteiger partial charge < -0.3 is 30.0 Å². The van der Waals surface area contributed by atoms with Gasteiger partial charge in [-0.2, -0.15) is 0 Å². The van der Waals surface area contributed by atoms with Crippen molar-refractivity contribution in [3.8, 4) is 0 Å². The first-order valence-electron chi connectivity index (χ1n) is 9.44. The number of aromatic nitrogens is 1. The average molecular weight is 379 g/mol. The number of carbonyl (C=O) groups is 1. The molecule has 1 aromatic heterocycles. The minimum absolute atomic E-state index is 0.0736. The highest BCUT2D eigenvalue weighted by atomic mass is 16.6. The maximum Gasteiger partial charge on any atom is 0.222 e. The molecular weight excluding hydrogens is 350 g/mol. The summed E-state index contributed by atoms with van der Waals surface area (Å²) >= 11 is 0. The molecule has 8 nitrogen and oxygen atoms in total. The van der Waals surface area contributed by atoms with Gasteiger partial charge in [0.15, 0.2) is 0 Å². The minimum atomic E-state index is -0.700. The highest BCUT2D eigenvalue weighted by molar-refractivity contribution is 5.76. The van der Waals surface area contributed by atoms with E-state index in [0.29, 0.717) is 32.7 Å². The van der Waals surface area contributed by atoms with Crippen LogP contribution in [0.2, 0.25) is 0 Å². The molecule has 0 bridgehead atoms. The zero-order valence-corrected chi connectivity index (χ0v) is 15.9. The second-order valence-electron chi connectivity index (χ2n) is 7.11. The SMILES string of the molecule is COCCNC(=O)C[C@@H]1C[C@H]2O[C@H](CNCc3ncccc3C)[C@@H](O)[C@H]2O1. The van der Waals surface area contributed by atoms with E-state index in [1.54, 1.807) is 13.3 Å². The molecule has 1 amide bonds. The molecule has 27 heavy (non-hydrogen) atoms. The van der Waals surface area contributed by atoms with Crippen molar-refractivity contribution in [2.24, 2.45) is 0 Å². The lowest BCUT2D eigenvalue weighted by Gasteiger charge is -2.20. The second kappa shape index (κ2) is 9.57. The Labute approximate surface area is 159 Å². The lowest BCUT2D eigenvalue weighted by Crippen LogP contribution is -2.39. The van der Waals surface area contributed by atoms with E-state index in [9.17, 15) is 9.90 Å². The Kier molecular flexibility index (Phi) is 7.14. The smallest absolute Gasteiger partial charge is 0.222 e. The number of aliphatic hydroxyl groups is 1. The number of pyridine rings is 1. The predicted molar refractivity (Wildman–Crippen MR) is 98.1 cm³/mol. The Hall–Kier alpha value is -1.58. The maximum atomic E-state index is 11.9. The van der Waals surface area contributed by atoms with Crippen LogP contribution in [0.5, 0.6) is 0 Å². The number of methoxy groups -OCH3 is 1. The molecule has 5 atom stereocenters. The van der Waals surface area contributed by atoms with Gasteiger partial charge in [0.25, 0.3) is 0 Å². The number of amides is 1. The number of nitrogens with zero attached hydrogens (tertiary/aromatic N) is 1. The molecule has 0 saturated carbocycles. The summed E-state index contributed by atoms with van der Waals surface area (Å²) in [4.78, 5) is 16.2. The second-order valence-corrected chi connectivity index (χ2v) is 7.11. The standard InChI is InChI=1S/C19H29N3O5/c1-12-4-3-5-21-14(12)10-20-11-16-18(24)19-15(27-16)8-13(26-19)9-17(23)22-6-7-25-2/h3-5,13,15-16,18-20,24H,6-11H2,1-2H3,(H,22,23)/t13-,15+,16+,18+,19-/m0/s1. The van der Waals surface area contributed by atoms with Gasteiger partial charge in [-0.1, -0.05) is 6.07 Å². The van der Waals surface area contributed by atoms with Gasteiger partial charge in [0, 0.05) is 39.4 Å². The fourth-order valence-corrected chi connectivity index (χ4v) is 3.62. The van der Waals surface area contributed by atoms with Crippen LogP contribution >= 0.6 is 0 Å². The number of aryl methyl sites for hydroxylation is 1. The van der Waals surface area contributed by atoms with Gasteiger partial charge in [-0.15, -0.1) is 0 Å². The van der Waals surface area contributed by atoms with E-state index in [1.807, 2.05) is 19.1 Å². The van der Waals surface area contributed by atoms with Gasteiger partial charge in [0.2, 0.25) is 5.91 Å². The van der Waals surface area contributed by atoms with Crippen molar-refractivity contribution in [1.82, 2.24) is 15.6 Å². The highest BCUT2D eigenvalue weighted by Gasteiger charge is 2.50. The highest BCUT2D eigenvalue weighted by Crippen LogP contribution is 2.35. The third-order valence-electron chi connectivity index (χ3n) is 5.08. The van der Waals surface area contributed by atoms with Crippen molar-refractivity contribution in [2.45, 2.75) is 56.8 Å². The number of ether oxygens (including phenoxy) is 3. The first-order valence-corrected chi connectivity index (χ1v) is 9.44. The molecule has 2 saturated heterocycles. The van der Waals surface area contributed by atoms with Crippen molar-refractivity contribution >= 4 is 5.91 Å². The largest absolute Gasteiger partial charge is 0.388 e. The number of nitrogens with one attached hydrogen (secondary N) is 2. The molecule has 8 heteroatoms. The molecule has 0 aliphatic carbocycles. The lowest BCUT2D eigenvalue weighted by atomic mass is 10.1. The van der Waals surface area contributed by atoms with Gasteiger partial charge in [-0.25, -0.2) is 0 Å². The monoisotopic (exact) mass is 379 g/mol. The number of carbonyl (C=O) groups excluding carboxylic acids is 1. The zero-order valence-electron chi connectivity index (χ0n) is 15.9. The summed E-state index contributed by atoms with van der Waals surface area (Å²) in [6.45, 7) is 4.14. The Bertz CT molecular complexity index is 629. The van der Waals surface area contributed by atoms with Crippen LogP contribution in [0.4, 0.5) is 0 Å². The van der Waals surface area contributed by atoms with Crippen molar-refractivity contribution in [3.63, 3.8) is 0 Å². The van der Waals surface area contributed by atoms with Gasteiger partial charge in [0.1, 0.15) is 12.2 Å². The number of aliphatic hydroxyl groups excluding tert-OH is 1. The number of rotatable bonds is 9. The van der Waals surface area contributed by atoms with Gasteiger partial charge in [-0.3, -0.25) is 9.78 Å². The van der Waals surface area contributed by atoms with E-state index in [1.165, 1.54) is 0 Å². The van der Waals surface area contributed by atoms with Gasteiger partial charge >= 0.3 is 0 Å². The molecule has 3 N–H and O–H groups in total. The maximum absolute atomic E-state index is 11.9. The summed E-state index contributed by atoms with van der Waals surface area (Å²) in [5.41, 5.74) is 2.12. The Balaban J connectivity index is 1.39. The summed E-state index contributed by atoms with van der Waals surface area (Å²) in [6.07, 6.45) is 0.889. The van der Waals surface area contributed by atoms with Gasteiger partial charge in [-0.05, 0) is 18.6 Å². The summed E-state index contributed by atoms with van der Waals surface area (Å²) in [5.74, 6) is -0.0736. The topological polar surface area (TPSA) is 102 Å². The van der Waals surface area contributed by atoms with Crippen LogP contribution in [0.1, 0.15) is 24.1 Å². The normalized spacial score (nSPS) is 29.7. The number of hydrogen-bond donors (Lipinski definition) is 3. The lowest BCUT2D eigenvalue weighted by molar-refractivity contribution is -0.124. The molecule has 1 aromatic rings. The summed E-state index contributed by atoms with van der Waals surface area (Å²) in [6, 6.07) is 3.93. The van der Waals surface area contributed by atoms with Crippen LogP contribution in [-0.4, -0.2) is 73.3 Å².